The molecule has 0 heterocycles. The molecule has 0 aromatic heterocycles. The Morgan fingerprint density at radius 1 is 1.09 bits per heavy atom. The van der Waals surface area contributed by atoms with Crippen LogP contribution in [-0.2, 0) is 9.59 Å². The minimum absolute atomic E-state index is 0.0257. The molecule has 2 atom stereocenters. The van der Waals surface area contributed by atoms with Crippen LogP contribution in [0.3, 0.4) is 0 Å². The zero-order valence-electron chi connectivity index (χ0n) is 13.7. The van der Waals surface area contributed by atoms with Crippen LogP contribution in [0.2, 0.25) is 0 Å². The first-order chi connectivity index (χ1) is 10.5. The molecule has 0 aliphatic heterocycles. The topological polar surface area (TPSA) is 58.2 Å². The maximum absolute atomic E-state index is 12.3. The van der Waals surface area contributed by atoms with Gasteiger partial charge in [0.25, 0.3) is 0 Å². The van der Waals surface area contributed by atoms with Crippen LogP contribution in [0.25, 0.3) is 0 Å². The molecule has 1 aliphatic rings. The Morgan fingerprint density at radius 2 is 1.73 bits per heavy atom. The molecular formula is C18H26N2O2. The van der Waals surface area contributed by atoms with Crippen molar-refractivity contribution < 1.29 is 9.59 Å². The van der Waals surface area contributed by atoms with Gasteiger partial charge in [-0.2, -0.15) is 0 Å². The molecule has 22 heavy (non-hydrogen) atoms. The van der Waals surface area contributed by atoms with Crippen molar-refractivity contribution in [1.82, 2.24) is 5.32 Å². The quantitative estimate of drug-likeness (QED) is 0.760. The van der Waals surface area contributed by atoms with Gasteiger partial charge in [-0.05, 0) is 37.8 Å². The first-order valence-corrected chi connectivity index (χ1v) is 8.19. The van der Waals surface area contributed by atoms with E-state index in [2.05, 4.69) is 17.6 Å². The lowest BCUT2D eigenvalue weighted by Gasteiger charge is -2.11. The van der Waals surface area contributed by atoms with Gasteiger partial charge in [-0.3, -0.25) is 9.59 Å². The van der Waals surface area contributed by atoms with Gasteiger partial charge in [-0.15, -0.1) is 0 Å². The highest BCUT2D eigenvalue weighted by Crippen LogP contribution is 2.39. The maximum atomic E-state index is 12.3. The molecule has 1 aromatic carbocycles. The smallest absolute Gasteiger partial charge is 0.228 e. The van der Waals surface area contributed by atoms with Crippen LogP contribution >= 0.6 is 0 Å². The summed E-state index contributed by atoms with van der Waals surface area (Å²) in [6.07, 6.45) is 3.94. The van der Waals surface area contributed by atoms with E-state index < -0.39 is 0 Å². The van der Waals surface area contributed by atoms with Crippen molar-refractivity contribution in [3.63, 3.8) is 0 Å². The summed E-state index contributed by atoms with van der Waals surface area (Å²) in [5.74, 6) is -0.333. The van der Waals surface area contributed by atoms with E-state index >= 15 is 0 Å². The standard InChI is InChI=1S/C18H26N2O2/c1-4-5-6-10-19-17(21)14-11-15(14)18(22)20-16-12(2)8-7-9-13(16)3/h7-9,14-15H,4-6,10-11H2,1-3H3,(H,19,21)(H,20,22). The largest absolute Gasteiger partial charge is 0.356 e. The molecule has 1 saturated carbocycles. The number of carbonyl (C=O) groups excluding carboxylic acids is 2. The van der Waals surface area contributed by atoms with Gasteiger partial charge < -0.3 is 10.6 Å². The van der Waals surface area contributed by atoms with E-state index in [-0.39, 0.29) is 23.7 Å². The number of anilines is 1. The van der Waals surface area contributed by atoms with Crippen molar-refractivity contribution >= 4 is 17.5 Å². The van der Waals surface area contributed by atoms with Crippen LogP contribution in [0, 0.1) is 25.7 Å². The second-order valence-corrected chi connectivity index (χ2v) is 6.20. The molecule has 4 nitrogen and oxygen atoms in total. The van der Waals surface area contributed by atoms with Gasteiger partial charge in [0.1, 0.15) is 0 Å². The number of hydrogen-bond donors (Lipinski definition) is 2. The van der Waals surface area contributed by atoms with Gasteiger partial charge in [0, 0.05) is 12.2 Å². The molecule has 2 amide bonds. The highest BCUT2D eigenvalue weighted by Gasteiger charge is 2.47. The average Bonchev–Trinajstić information content (AvgIpc) is 3.28. The van der Waals surface area contributed by atoms with E-state index in [1.807, 2.05) is 32.0 Å². The second-order valence-electron chi connectivity index (χ2n) is 6.20. The molecule has 120 valence electrons. The Hall–Kier alpha value is -1.84. The molecule has 0 spiro atoms. The third-order valence-electron chi connectivity index (χ3n) is 4.27. The van der Waals surface area contributed by atoms with Gasteiger partial charge >= 0.3 is 0 Å². The van der Waals surface area contributed by atoms with Gasteiger partial charge in [-0.25, -0.2) is 0 Å². The fourth-order valence-corrected chi connectivity index (χ4v) is 2.72. The Kier molecular flexibility index (Phi) is 5.58. The predicted octanol–water partition coefficient (Wildman–Crippen LogP) is 3.18. The fraction of sp³-hybridized carbons (Fsp3) is 0.556. The summed E-state index contributed by atoms with van der Waals surface area (Å²) in [4.78, 5) is 24.3. The van der Waals surface area contributed by atoms with Crippen LogP contribution in [0.15, 0.2) is 18.2 Å². The van der Waals surface area contributed by atoms with Crippen molar-refractivity contribution in [3.8, 4) is 0 Å². The molecular weight excluding hydrogens is 276 g/mol. The molecule has 4 heteroatoms. The van der Waals surface area contributed by atoms with Crippen LogP contribution in [0.5, 0.6) is 0 Å². The molecule has 0 bridgehead atoms. The summed E-state index contributed by atoms with van der Waals surface area (Å²) in [7, 11) is 0. The number of hydrogen-bond acceptors (Lipinski definition) is 2. The Labute approximate surface area is 132 Å². The zero-order chi connectivity index (χ0) is 16.1. The third kappa shape index (κ3) is 4.09. The SMILES string of the molecule is CCCCCNC(=O)C1CC1C(=O)Nc1c(C)cccc1C. The van der Waals surface area contributed by atoms with Crippen molar-refractivity contribution in [2.24, 2.45) is 11.8 Å². The van der Waals surface area contributed by atoms with E-state index in [4.69, 9.17) is 0 Å². The number of rotatable bonds is 7. The van der Waals surface area contributed by atoms with Gasteiger partial charge in [0.15, 0.2) is 0 Å². The van der Waals surface area contributed by atoms with Crippen LogP contribution in [0.1, 0.15) is 43.7 Å². The first-order valence-electron chi connectivity index (χ1n) is 8.19. The van der Waals surface area contributed by atoms with Crippen LogP contribution in [0.4, 0.5) is 5.69 Å². The highest BCUT2D eigenvalue weighted by atomic mass is 16.2. The number of unbranched alkanes of at least 4 members (excludes halogenated alkanes) is 2. The number of aryl methyl sites for hydroxylation is 2. The van der Waals surface area contributed by atoms with Crippen molar-refractivity contribution in [2.75, 3.05) is 11.9 Å². The first kappa shape index (κ1) is 16.5. The maximum Gasteiger partial charge on any atom is 0.228 e. The molecule has 1 fully saturated rings. The fourth-order valence-electron chi connectivity index (χ4n) is 2.72. The van der Waals surface area contributed by atoms with Gasteiger partial charge in [0.2, 0.25) is 11.8 Å². The lowest BCUT2D eigenvalue weighted by molar-refractivity contribution is -0.125. The van der Waals surface area contributed by atoms with E-state index in [0.717, 1.165) is 36.1 Å². The van der Waals surface area contributed by atoms with Crippen molar-refractivity contribution in [1.29, 1.82) is 0 Å². The van der Waals surface area contributed by atoms with Crippen LogP contribution < -0.4 is 10.6 Å². The summed E-state index contributed by atoms with van der Waals surface area (Å²) >= 11 is 0. The molecule has 2 N–H and O–H groups in total. The van der Waals surface area contributed by atoms with E-state index in [9.17, 15) is 9.59 Å². The number of carbonyl (C=O) groups is 2. The Morgan fingerprint density at radius 3 is 2.36 bits per heavy atom. The summed E-state index contributed by atoms with van der Waals surface area (Å²) in [6.45, 7) is 6.81. The minimum Gasteiger partial charge on any atom is -0.356 e. The molecule has 2 unspecified atom stereocenters. The van der Waals surface area contributed by atoms with Crippen LogP contribution in [-0.4, -0.2) is 18.4 Å². The van der Waals surface area contributed by atoms with E-state index in [1.165, 1.54) is 0 Å². The molecule has 0 radical (unpaired) electrons. The predicted molar refractivity (Wildman–Crippen MR) is 88.7 cm³/mol. The normalized spacial score (nSPS) is 19.6. The lowest BCUT2D eigenvalue weighted by atomic mass is 10.1. The summed E-state index contributed by atoms with van der Waals surface area (Å²) in [6, 6.07) is 5.94. The van der Waals surface area contributed by atoms with E-state index in [0.29, 0.717) is 13.0 Å². The monoisotopic (exact) mass is 302 g/mol. The lowest BCUT2D eigenvalue weighted by Crippen LogP contribution is -2.28. The molecule has 2 rings (SSSR count). The Balaban J connectivity index is 1.82. The van der Waals surface area contributed by atoms with Gasteiger partial charge in [0.05, 0.1) is 11.8 Å². The van der Waals surface area contributed by atoms with Crippen molar-refractivity contribution in [3.05, 3.63) is 29.3 Å². The number of nitrogens with one attached hydrogen (secondary N) is 2. The summed E-state index contributed by atoms with van der Waals surface area (Å²) in [5.41, 5.74) is 2.98. The third-order valence-corrected chi connectivity index (χ3v) is 4.27. The molecule has 1 aromatic rings. The molecule has 1 aliphatic carbocycles. The summed E-state index contributed by atoms with van der Waals surface area (Å²) < 4.78 is 0. The number of benzene rings is 1. The number of para-hydroxylation sites is 1. The van der Waals surface area contributed by atoms with E-state index in [1.54, 1.807) is 0 Å². The van der Waals surface area contributed by atoms with Crippen molar-refractivity contribution in [2.45, 2.75) is 46.5 Å². The number of amides is 2. The minimum atomic E-state index is -0.176. The average molecular weight is 302 g/mol. The second kappa shape index (κ2) is 7.43. The van der Waals surface area contributed by atoms with Gasteiger partial charge in [-0.1, -0.05) is 38.0 Å². The highest BCUT2D eigenvalue weighted by molar-refractivity contribution is 6.00. The summed E-state index contributed by atoms with van der Waals surface area (Å²) in [5, 5.41) is 5.91. The molecule has 0 saturated heterocycles. The zero-order valence-corrected chi connectivity index (χ0v) is 13.7. The Bertz CT molecular complexity index is 534.